The fraction of sp³-hybridized carbons (Fsp3) is 0.364. The van der Waals surface area contributed by atoms with E-state index in [9.17, 15) is 5.11 Å². The van der Waals surface area contributed by atoms with Crippen LogP contribution in [-0.4, -0.2) is 24.9 Å². The lowest BCUT2D eigenvalue weighted by atomic mass is 10.2. The van der Waals surface area contributed by atoms with E-state index in [-0.39, 0.29) is 6.04 Å². The zero-order valence-electron chi connectivity index (χ0n) is 9.88. The molecule has 0 aliphatic rings. The van der Waals surface area contributed by atoms with Crippen molar-refractivity contribution < 1.29 is 5.11 Å². The molecule has 96 valence electrons. The van der Waals surface area contributed by atoms with Gasteiger partial charge in [0, 0.05) is 12.2 Å². The Morgan fingerprint density at radius 3 is 2.61 bits per heavy atom. The van der Waals surface area contributed by atoms with E-state index in [4.69, 9.17) is 23.2 Å². The standard InChI is InChI=1S/C11H12Cl2N4O/c1-6(2)17-11(15-5-16-17)10(18)9-8(13)3-7(12)4-14-9/h3-6,10,18H,1-2H3. The molecule has 0 aliphatic heterocycles. The van der Waals surface area contributed by atoms with Gasteiger partial charge < -0.3 is 5.11 Å². The Balaban J connectivity index is 2.41. The molecule has 0 saturated heterocycles. The summed E-state index contributed by atoms with van der Waals surface area (Å²) in [5, 5.41) is 15.0. The Morgan fingerprint density at radius 2 is 2.00 bits per heavy atom. The second-order valence-corrected chi connectivity index (χ2v) is 4.92. The number of pyridine rings is 1. The van der Waals surface area contributed by atoms with Crippen molar-refractivity contribution in [2.45, 2.75) is 26.0 Å². The Bertz CT molecular complexity index is 556. The second kappa shape index (κ2) is 5.22. The van der Waals surface area contributed by atoms with Crippen molar-refractivity contribution in [1.29, 1.82) is 0 Å². The number of rotatable bonds is 3. The third-order valence-electron chi connectivity index (χ3n) is 2.43. The molecule has 0 radical (unpaired) electrons. The summed E-state index contributed by atoms with van der Waals surface area (Å²) in [4.78, 5) is 8.09. The largest absolute Gasteiger partial charge is 0.379 e. The van der Waals surface area contributed by atoms with Crippen molar-refractivity contribution in [3.63, 3.8) is 0 Å². The van der Waals surface area contributed by atoms with Crippen LogP contribution in [0.3, 0.4) is 0 Å². The van der Waals surface area contributed by atoms with Gasteiger partial charge in [0.2, 0.25) is 0 Å². The summed E-state index contributed by atoms with van der Waals surface area (Å²) in [7, 11) is 0. The first-order valence-electron chi connectivity index (χ1n) is 5.39. The molecule has 0 aromatic carbocycles. The number of nitrogens with zero attached hydrogens (tertiary/aromatic N) is 4. The molecule has 2 heterocycles. The first-order chi connectivity index (χ1) is 8.50. The topological polar surface area (TPSA) is 63.8 Å². The van der Waals surface area contributed by atoms with Gasteiger partial charge in [-0.1, -0.05) is 23.2 Å². The average Bonchev–Trinajstić information content (AvgIpc) is 2.77. The van der Waals surface area contributed by atoms with E-state index >= 15 is 0 Å². The Hall–Kier alpha value is -1.17. The highest BCUT2D eigenvalue weighted by Crippen LogP contribution is 2.27. The van der Waals surface area contributed by atoms with Crippen LogP contribution in [0.5, 0.6) is 0 Å². The monoisotopic (exact) mass is 286 g/mol. The van der Waals surface area contributed by atoms with E-state index in [2.05, 4.69) is 15.1 Å². The lowest BCUT2D eigenvalue weighted by molar-refractivity contribution is 0.195. The zero-order chi connectivity index (χ0) is 13.3. The molecule has 2 aromatic heterocycles. The maximum Gasteiger partial charge on any atom is 0.162 e. The highest BCUT2D eigenvalue weighted by molar-refractivity contribution is 6.34. The third kappa shape index (κ3) is 2.48. The van der Waals surface area contributed by atoms with Crippen molar-refractivity contribution in [3.8, 4) is 0 Å². The zero-order valence-corrected chi connectivity index (χ0v) is 11.4. The predicted octanol–water partition coefficient (Wildman–Crippen LogP) is 2.64. The summed E-state index contributed by atoms with van der Waals surface area (Å²) in [6.45, 7) is 3.89. The minimum atomic E-state index is -1.03. The average molecular weight is 287 g/mol. The van der Waals surface area contributed by atoms with Crippen LogP contribution in [0.25, 0.3) is 0 Å². The first kappa shape index (κ1) is 13.3. The molecule has 0 spiro atoms. The van der Waals surface area contributed by atoms with Gasteiger partial charge in [0.15, 0.2) is 11.9 Å². The van der Waals surface area contributed by atoms with Crippen LogP contribution in [0.1, 0.15) is 37.5 Å². The Labute approximate surface area is 114 Å². The van der Waals surface area contributed by atoms with Crippen molar-refractivity contribution in [2.24, 2.45) is 0 Å². The molecule has 1 atom stereocenters. The molecule has 0 amide bonds. The van der Waals surface area contributed by atoms with E-state index in [1.54, 1.807) is 4.68 Å². The Morgan fingerprint density at radius 1 is 1.28 bits per heavy atom. The maximum atomic E-state index is 10.3. The van der Waals surface area contributed by atoms with E-state index in [1.165, 1.54) is 18.6 Å². The number of halogens is 2. The van der Waals surface area contributed by atoms with Crippen molar-refractivity contribution in [3.05, 3.63) is 40.2 Å². The Kier molecular flexibility index (Phi) is 3.85. The summed E-state index contributed by atoms with van der Waals surface area (Å²) < 4.78 is 1.62. The van der Waals surface area contributed by atoms with Gasteiger partial charge in [-0.2, -0.15) is 5.10 Å². The molecule has 0 saturated carbocycles. The van der Waals surface area contributed by atoms with Gasteiger partial charge in [-0.25, -0.2) is 9.67 Å². The van der Waals surface area contributed by atoms with Gasteiger partial charge in [-0.15, -0.1) is 0 Å². The van der Waals surface area contributed by atoms with Crippen molar-refractivity contribution in [2.75, 3.05) is 0 Å². The molecule has 7 heteroatoms. The van der Waals surface area contributed by atoms with Crippen LogP contribution < -0.4 is 0 Å². The SMILES string of the molecule is CC(C)n1ncnc1C(O)c1ncc(Cl)cc1Cl. The summed E-state index contributed by atoms with van der Waals surface area (Å²) in [6, 6.07) is 1.62. The van der Waals surface area contributed by atoms with Crippen LogP contribution in [0.2, 0.25) is 10.0 Å². The second-order valence-electron chi connectivity index (χ2n) is 4.08. The number of aliphatic hydroxyl groups is 1. The maximum absolute atomic E-state index is 10.3. The summed E-state index contributed by atoms with van der Waals surface area (Å²) in [6.07, 6.45) is 1.80. The van der Waals surface area contributed by atoms with E-state index in [0.29, 0.717) is 21.6 Å². The molecule has 5 nitrogen and oxygen atoms in total. The van der Waals surface area contributed by atoms with E-state index < -0.39 is 6.10 Å². The van der Waals surface area contributed by atoms with E-state index in [1.807, 2.05) is 13.8 Å². The molecule has 1 unspecified atom stereocenters. The smallest absolute Gasteiger partial charge is 0.162 e. The normalized spacial score (nSPS) is 13.0. The summed E-state index contributed by atoms with van der Waals surface area (Å²) in [5.74, 6) is 0.404. The summed E-state index contributed by atoms with van der Waals surface area (Å²) >= 11 is 11.8. The van der Waals surface area contributed by atoms with Gasteiger partial charge in [-0.3, -0.25) is 4.98 Å². The third-order valence-corrected chi connectivity index (χ3v) is 2.94. The van der Waals surface area contributed by atoms with Gasteiger partial charge in [0.25, 0.3) is 0 Å². The quantitative estimate of drug-likeness (QED) is 0.942. The lowest BCUT2D eigenvalue weighted by Crippen LogP contribution is -2.14. The molecule has 0 aliphatic carbocycles. The molecule has 1 N–H and O–H groups in total. The molecule has 18 heavy (non-hydrogen) atoms. The van der Waals surface area contributed by atoms with Crippen molar-refractivity contribution >= 4 is 23.2 Å². The van der Waals surface area contributed by atoms with Gasteiger partial charge in [0.1, 0.15) is 6.33 Å². The molecular formula is C11H12Cl2N4O. The fourth-order valence-electron chi connectivity index (χ4n) is 1.60. The van der Waals surface area contributed by atoms with Crippen LogP contribution in [0.4, 0.5) is 0 Å². The highest BCUT2D eigenvalue weighted by atomic mass is 35.5. The minimum Gasteiger partial charge on any atom is -0.379 e. The van der Waals surface area contributed by atoms with Gasteiger partial charge >= 0.3 is 0 Å². The van der Waals surface area contributed by atoms with Crippen LogP contribution in [0, 0.1) is 0 Å². The number of aromatic nitrogens is 4. The molecular weight excluding hydrogens is 275 g/mol. The number of hydrogen-bond donors (Lipinski definition) is 1. The van der Waals surface area contributed by atoms with Gasteiger partial charge in [0.05, 0.1) is 15.7 Å². The summed E-state index contributed by atoms with van der Waals surface area (Å²) in [5.41, 5.74) is 0.316. The number of hydrogen-bond acceptors (Lipinski definition) is 4. The van der Waals surface area contributed by atoms with Crippen LogP contribution >= 0.6 is 23.2 Å². The minimum absolute atomic E-state index is 0.0863. The molecule has 2 aromatic rings. The van der Waals surface area contributed by atoms with Crippen LogP contribution in [0.15, 0.2) is 18.6 Å². The van der Waals surface area contributed by atoms with Crippen molar-refractivity contribution in [1.82, 2.24) is 19.7 Å². The van der Waals surface area contributed by atoms with E-state index in [0.717, 1.165) is 0 Å². The molecule has 2 rings (SSSR count). The lowest BCUT2D eigenvalue weighted by Gasteiger charge is -2.14. The highest BCUT2D eigenvalue weighted by Gasteiger charge is 2.22. The number of aliphatic hydroxyl groups excluding tert-OH is 1. The molecule has 0 bridgehead atoms. The van der Waals surface area contributed by atoms with Crippen LogP contribution in [-0.2, 0) is 0 Å². The molecule has 0 fully saturated rings. The fourth-order valence-corrected chi connectivity index (χ4v) is 2.08. The first-order valence-corrected chi connectivity index (χ1v) is 6.14. The van der Waals surface area contributed by atoms with Gasteiger partial charge in [-0.05, 0) is 19.9 Å². The predicted molar refractivity (Wildman–Crippen MR) is 68.7 cm³/mol.